The quantitative estimate of drug-likeness (QED) is 0.333. The number of ketones is 1. The monoisotopic (exact) mass is 350 g/mol. The van der Waals surface area contributed by atoms with Crippen LogP contribution in [0.25, 0.3) is 0 Å². The summed E-state index contributed by atoms with van der Waals surface area (Å²) in [6, 6.07) is 0. The van der Waals surface area contributed by atoms with E-state index >= 15 is 0 Å². The highest BCUT2D eigenvalue weighted by molar-refractivity contribution is 6.08. The summed E-state index contributed by atoms with van der Waals surface area (Å²) >= 11 is 0. The van der Waals surface area contributed by atoms with Crippen LogP contribution in [0.2, 0.25) is 0 Å². The van der Waals surface area contributed by atoms with Crippen molar-refractivity contribution in [3.8, 4) is 0 Å². The van der Waals surface area contributed by atoms with Gasteiger partial charge in [0, 0.05) is 17.6 Å². The topological polar surface area (TPSA) is 107 Å². The number of carbonyl (C=O) groups excluding carboxylic acids is 1. The van der Waals surface area contributed by atoms with Gasteiger partial charge < -0.3 is 20.1 Å². The molecule has 25 heavy (non-hydrogen) atoms. The number of Topliss-reactive ketones (excluding diaryl/α,β-unsaturated/α-hetero) is 1. The maximum absolute atomic E-state index is 12.9. The first kappa shape index (κ1) is 19.6. The highest BCUT2D eigenvalue weighted by Crippen LogP contribution is 2.50. The minimum Gasteiger partial charge on any atom is -0.478 e. The van der Waals surface area contributed by atoms with Crippen LogP contribution in [0.3, 0.4) is 0 Å². The van der Waals surface area contributed by atoms with Crippen molar-refractivity contribution in [3.05, 3.63) is 34.9 Å². The lowest BCUT2D eigenvalue weighted by molar-refractivity contribution is -0.132. The van der Waals surface area contributed by atoms with Crippen LogP contribution >= 0.6 is 0 Å². The molecule has 6 nitrogen and oxygen atoms in total. The highest BCUT2D eigenvalue weighted by Gasteiger charge is 2.67. The molecule has 3 atom stereocenters. The molecule has 1 aliphatic heterocycles. The molecule has 0 radical (unpaired) electrons. The number of epoxide rings is 1. The largest absolute Gasteiger partial charge is 0.478 e. The average Bonchev–Trinajstić information content (AvgIpc) is 3.33. The van der Waals surface area contributed by atoms with E-state index in [-0.39, 0.29) is 28.9 Å². The van der Waals surface area contributed by atoms with E-state index < -0.39 is 30.4 Å². The Kier molecular flexibility index (Phi) is 6.32. The zero-order valence-electron chi connectivity index (χ0n) is 14.7. The van der Waals surface area contributed by atoms with Crippen LogP contribution in [0.5, 0.6) is 0 Å². The molecule has 0 amide bonds. The van der Waals surface area contributed by atoms with Crippen molar-refractivity contribution in [1.82, 2.24) is 0 Å². The van der Waals surface area contributed by atoms with E-state index in [1.165, 1.54) is 13.0 Å². The summed E-state index contributed by atoms with van der Waals surface area (Å²) in [4.78, 5) is 23.8. The van der Waals surface area contributed by atoms with Crippen molar-refractivity contribution in [2.45, 2.75) is 63.8 Å². The van der Waals surface area contributed by atoms with Crippen LogP contribution in [0.15, 0.2) is 34.9 Å². The zero-order valence-corrected chi connectivity index (χ0v) is 14.7. The van der Waals surface area contributed by atoms with E-state index in [1.807, 2.05) is 6.08 Å². The fourth-order valence-electron chi connectivity index (χ4n) is 3.13. The summed E-state index contributed by atoms with van der Waals surface area (Å²) in [6.45, 7) is 3.14. The molecule has 0 saturated carbocycles. The van der Waals surface area contributed by atoms with E-state index in [9.17, 15) is 19.8 Å². The number of ether oxygens (including phenoxy) is 1. The number of hydrogen-bond donors (Lipinski definition) is 3. The third kappa shape index (κ3) is 3.92. The second-order valence-corrected chi connectivity index (χ2v) is 6.59. The summed E-state index contributed by atoms with van der Waals surface area (Å²) in [5.41, 5.74) is -0.535. The maximum atomic E-state index is 12.9. The van der Waals surface area contributed by atoms with Gasteiger partial charge in [-0.3, -0.25) is 4.79 Å². The fourth-order valence-corrected chi connectivity index (χ4v) is 3.13. The number of carboxylic acid groups (broad SMARTS) is 1. The van der Waals surface area contributed by atoms with Gasteiger partial charge in [0.25, 0.3) is 0 Å². The summed E-state index contributed by atoms with van der Waals surface area (Å²) < 4.78 is 5.50. The Morgan fingerprint density at radius 1 is 1.36 bits per heavy atom. The number of hydrogen-bond acceptors (Lipinski definition) is 5. The SMILES string of the molecule is CCCCC/C=C/C1=C(CO)[C@@H](O)[C@@H]2O[C@]2(C/C=C(\C)C(=O)O)C1=O. The Morgan fingerprint density at radius 3 is 2.68 bits per heavy atom. The molecule has 0 spiro atoms. The van der Waals surface area contributed by atoms with Gasteiger partial charge in [0.2, 0.25) is 0 Å². The highest BCUT2D eigenvalue weighted by atomic mass is 16.6. The lowest BCUT2D eigenvalue weighted by Crippen LogP contribution is -2.40. The molecule has 2 aliphatic rings. The molecule has 138 valence electrons. The molecule has 0 aromatic heterocycles. The van der Waals surface area contributed by atoms with Crippen LogP contribution in [0.4, 0.5) is 0 Å². The molecule has 1 saturated heterocycles. The second kappa shape index (κ2) is 8.08. The molecule has 1 heterocycles. The van der Waals surface area contributed by atoms with Gasteiger partial charge in [-0.2, -0.15) is 0 Å². The molecule has 0 bridgehead atoms. The van der Waals surface area contributed by atoms with Gasteiger partial charge in [0.1, 0.15) is 12.2 Å². The Labute approximate surface area is 147 Å². The average molecular weight is 350 g/mol. The third-order valence-corrected chi connectivity index (χ3v) is 4.84. The van der Waals surface area contributed by atoms with Gasteiger partial charge in [-0.25, -0.2) is 4.79 Å². The number of carbonyl (C=O) groups is 2. The molecule has 6 heteroatoms. The van der Waals surface area contributed by atoms with E-state index in [1.54, 1.807) is 6.08 Å². The normalized spacial score (nSPS) is 29.3. The molecule has 2 rings (SSSR count). The Balaban J connectivity index is 2.21. The number of allylic oxidation sites excluding steroid dienone is 2. The smallest absolute Gasteiger partial charge is 0.330 e. The predicted molar refractivity (Wildman–Crippen MR) is 92.0 cm³/mol. The van der Waals surface area contributed by atoms with E-state index in [0.717, 1.165) is 25.7 Å². The number of aliphatic carboxylic acids is 1. The number of fused-ring (bicyclic) bond motifs is 1. The Bertz CT molecular complexity index is 630. The lowest BCUT2D eigenvalue weighted by atomic mass is 9.79. The third-order valence-electron chi connectivity index (χ3n) is 4.84. The summed E-state index contributed by atoms with van der Waals surface area (Å²) in [7, 11) is 0. The van der Waals surface area contributed by atoms with Crippen molar-refractivity contribution in [1.29, 1.82) is 0 Å². The fraction of sp³-hybridized carbons (Fsp3) is 0.579. The first-order chi connectivity index (χ1) is 11.9. The molecular formula is C19H26O6. The molecule has 1 aliphatic carbocycles. The van der Waals surface area contributed by atoms with Gasteiger partial charge in [-0.15, -0.1) is 0 Å². The van der Waals surface area contributed by atoms with Gasteiger partial charge in [0.15, 0.2) is 11.4 Å². The van der Waals surface area contributed by atoms with Crippen LogP contribution in [-0.2, 0) is 14.3 Å². The van der Waals surface area contributed by atoms with Crippen LogP contribution < -0.4 is 0 Å². The number of unbranched alkanes of at least 4 members (excludes halogenated alkanes) is 3. The molecule has 0 unspecified atom stereocenters. The molecule has 1 fully saturated rings. The lowest BCUT2D eigenvalue weighted by Gasteiger charge is -2.23. The van der Waals surface area contributed by atoms with Gasteiger partial charge >= 0.3 is 5.97 Å². The van der Waals surface area contributed by atoms with E-state index in [2.05, 4.69) is 6.92 Å². The van der Waals surface area contributed by atoms with Crippen molar-refractivity contribution >= 4 is 11.8 Å². The van der Waals surface area contributed by atoms with Crippen molar-refractivity contribution in [3.63, 3.8) is 0 Å². The number of carboxylic acids is 1. The first-order valence-electron chi connectivity index (χ1n) is 8.70. The van der Waals surface area contributed by atoms with Gasteiger partial charge in [0.05, 0.1) is 6.61 Å². The second-order valence-electron chi connectivity index (χ2n) is 6.59. The standard InChI is InChI=1S/C19H26O6/c1-3-4-5-6-7-8-13-14(11-20)15(21)17-19(25-17,16(13)22)10-9-12(2)18(23)24/h7-9,15,17,20-21H,3-6,10-11H2,1-2H3,(H,23,24)/b8-7+,12-9+/t15-,17+,19-/m1/s1. The van der Waals surface area contributed by atoms with Crippen molar-refractivity contribution in [2.24, 2.45) is 0 Å². The maximum Gasteiger partial charge on any atom is 0.330 e. The van der Waals surface area contributed by atoms with Crippen LogP contribution in [0.1, 0.15) is 46.0 Å². The molecule has 0 aromatic rings. The molecule has 3 N–H and O–H groups in total. The number of aliphatic hydroxyl groups excluding tert-OH is 2. The number of aliphatic hydroxyl groups is 2. The van der Waals surface area contributed by atoms with Crippen LogP contribution in [0, 0.1) is 0 Å². The van der Waals surface area contributed by atoms with Gasteiger partial charge in [-0.1, -0.05) is 38.0 Å². The number of rotatable bonds is 9. The Morgan fingerprint density at radius 2 is 2.08 bits per heavy atom. The summed E-state index contributed by atoms with van der Waals surface area (Å²) in [5, 5.41) is 28.9. The summed E-state index contributed by atoms with van der Waals surface area (Å²) in [6.07, 6.45) is 7.31. The predicted octanol–water partition coefficient (Wildman–Crippen LogP) is 1.91. The molecular weight excluding hydrogens is 324 g/mol. The zero-order chi connectivity index (χ0) is 18.6. The van der Waals surface area contributed by atoms with Crippen molar-refractivity contribution < 1.29 is 29.6 Å². The minimum absolute atomic E-state index is 0.0948. The Hall–Kier alpha value is -1.76. The van der Waals surface area contributed by atoms with Crippen LogP contribution in [-0.4, -0.2) is 51.5 Å². The van der Waals surface area contributed by atoms with Gasteiger partial charge in [-0.05, 0) is 25.3 Å². The first-order valence-corrected chi connectivity index (χ1v) is 8.70. The van der Waals surface area contributed by atoms with E-state index in [0.29, 0.717) is 0 Å². The van der Waals surface area contributed by atoms with Crippen molar-refractivity contribution in [2.75, 3.05) is 6.61 Å². The minimum atomic E-state index is -1.21. The summed E-state index contributed by atoms with van der Waals surface area (Å²) in [5.74, 6) is -1.35. The molecule has 0 aromatic carbocycles. The van der Waals surface area contributed by atoms with E-state index in [4.69, 9.17) is 9.84 Å².